The van der Waals surface area contributed by atoms with Crippen molar-refractivity contribution in [1.82, 2.24) is 19.8 Å². The van der Waals surface area contributed by atoms with Crippen molar-refractivity contribution in [2.45, 2.75) is 90.1 Å². The molecule has 3 fully saturated rings. The van der Waals surface area contributed by atoms with Crippen LogP contribution in [-0.2, 0) is 29.0 Å². The van der Waals surface area contributed by atoms with Gasteiger partial charge in [0.2, 0.25) is 0 Å². The lowest BCUT2D eigenvalue weighted by atomic mass is 9.95. The number of piperazine rings is 1. The fourth-order valence-electron chi connectivity index (χ4n) is 8.66. The Bertz CT molecular complexity index is 2110. The van der Waals surface area contributed by atoms with Crippen molar-refractivity contribution < 1.29 is 23.8 Å². The van der Waals surface area contributed by atoms with Crippen molar-refractivity contribution in [3.05, 3.63) is 89.6 Å². The number of nitriles is 1. The molecule has 0 spiro atoms. The summed E-state index contributed by atoms with van der Waals surface area (Å²) in [5.41, 5.74) is 3.31. The van der Waals surface area contributed by atoms with Crippen molar-refractivity contribution >= 4 is 34.5 Å². The minimum atomic E-state index is -0.565. The van der Waals surface area contributed by atoms with Crippen molar-refractivity contribution in [2.24, 2.45) is 5.41 Å². The van der Waals surface area contributed by atoms with E-state index in [0.29, 0.717) is 45.3 Å². The zero-order valence-corrected chi connectivity index (χ0v) is 32.7. The van der Waals surface area contributed by atoms with E-state index < -0.39 is 11.7 Å². The van der Waals surface area contributed by atoms with E-state index in [2.05, 4.69) is 58.3 Å². The van der Waals surface area contributed by atoms with E-state index in [-0.39, 0.29) is 36.6 Å². The van der Waals surface area contributed by atoms with E-state index in [1.165, 1.54) is 10.8 Å². The molecule has 0 bridgehead atoms. The molecule has 1 aliphatic carbocycles. The highest BCUT2D eigenvalue weighted by atomic mass is 16.6. The van der Waals surface area contributed by atoms with E-state index >= 15 is 0 Å². The molecule has 0 N–H and O–H groups in total. The van der Waals surface area contributed by atoms with Crippen LogP contribution in [0.5, 0.6) is 6.01 Å². The van der Waals surface area contributed by atoms with Crippen LogP contribution in [0.4, 0.5) is 21.1 Å². The summed E-state index contributed by atoms with van der Waals surface area (Å²) in [6.07, 6.45) is 3.98. The molecule has 56 heavy (non-hydrogen) atoms. The molecule has 4 heterocycles. The lowest BCUT2D eigenvalue weighted by Crippen LogP contribution is -2.55. The Morgan fingerprint density at radius 1 is 0.893 bits per heavy atom. The van der Waals surface area contributed by atoms with Gasteiger partial charge in [0.15, 0.2) is 0 Å². The summed E-state index contributed by atoms with van der Waals surface area (Å²) in [7, 11) is 0. The lowest BCUT2D eigenvalue weighted by Gasteiger charge is -2.42. The van der Waals surface area contributed by atoms with Gasteiger partial charge in [-0.3, -0.25) is 0 Å². The van der Waals surface area contributed by atoms with E-state index in [0.717, 1.165) is 67.0 Å². The molecule has 0 radical (unpaired) electrons. The van der Waals surface area contributed by atoms with E-state index in [1.54, 1.807) is 4.90 Å². The van der Waals surface area contributed by atoms with Crippen LogP contribution in [0.25, 0.3) is 10.8 Å². The van der Waals surface area contributed by atoms with Crippen molar-refractivity contribution in [1.29, 1.82) is 5.26 Å². The van der Waals surface area contributed by atoms with Gasteiger partial charge in [0.05, 0.1) is 37.4 Å². The third-order valence-electron chi connectivity index (χ3n) is 11.6. The van der Waals surface area contributed by atoms with Gasteiger partial charge in [0, 0.05) is 60.8 Å². The number of carbonyl (C=O) groups is 2. The number of hydrogen-bond acceptors (Lipinski definition) is 10. The number of anilines is 2. The van der Waals surface area contributed by atoms with Gasteiger partial charge in [-0.2, -0.15) is 15.2 Å². The van der Waals surface area contributed by atoms with Crippen LogP contribution in [0.3, 0.4) is 0 Å². The van der Waals surface area contributed by atoms with Gasteiger partial charge in [0.1, 0.15) is 18.0 Å². The van der Waals surface area contributed by atoms with E-state index in [9.17, 15) is 14.9 Å². The van der Waals surface area contributed by atoms with Gasteiger partial charge in [0.25, 0.3) is 0 Å². The topological polar surface area (TPSA) is 124 Å². The number of nitrogens with zero attached hydrogens (tertiary/aromatic N) is 7. The Balaban J connectivity index is 1.06. The van der Waals surface area contributed by atoms with Crippen LogP contribution in [0.1, 0.15) is 69.7 Å². The second-order valence-electron chi connectivity index (χ2n) is 16.6. The number of hydrogen-bond donors (Lipinski definition) is 0. The fraction of sp³-hybridized carbons (Fsp3) is 0.477. The molecule has 0 unspecified atom stereocenters. The Labute approximate surface area is 328 Å². The summed E-state index contributed by atoms with van der Waals surface area (Å²) in [6, 6.07) is 26.7. The molecule has 12 heteroatoms. The summed E-state index contributed by atoms with van der Waals surface area (Å²) < 4.78 is 18.1. The van der Waals surface area contributed by atoms with E-state index in [1.807, 2.05) is 56.0 Å². The van der Waals surface area contributed by atoms with Crippen LogP contribution in [-0.4, -0.2) is 89.0 Å². The first kappa shape index (κ1) is 37.4. The number of benzene rings is 3. The molecule has 3 aliphatic heterocycles. The second-order valence-corrected chi connectivity index (χ2v) is 16.6. The van der Waals surface area contributed by atoms with Crippen molar-refractivity contribution in [2.75, 3.05) is 49.1 Å². The number of likely N-dealkylation sites (tertiary alicyclic amines) is 1. The number of aromatic nitrogens is 2. The quantitative estimate of drug-likeness (QED) is 0.170. The summed E-state index contributed by atoms with van der Waals surface area (Å²) in [4.78, 5) is 45.0. The molecule has 12 nitrogen and oxygen atoms in total. The van der Waals surface area contributed by atoms with Gasteiger partial charge >= 0.3 is 18.2 Å². The maximum atomic E-state index is 13.4. The highest BCUT2D eigenvalue weighted by Crippen LogP contribution is 2.53. The van der Waals surface area contributed by atoms with E-state index in [4.69, 9.17) is 24.2 Å². The predicted molar refractivity (Wildman–Crippen MR) is 213 cm³/mol. The third kappa shape index (κ3) is 7.90. The minimum absolute atomic E-state index is 0.0396. The number of ether oxygens (including phenoxy) is 3. The van der Waals surface area contributed by atoms with Crippen molar-refractivity contribution in [3.63, 3.8) is 0 Å². The Kier molecular flexibility index (Phi) is 10.4. The highest BCUT2D eigenvalue weighted by Gasteiger charge is 2.55. The Hall–Kier alpha value is -5.57. The Morgan fingerprint density at radius 2 is 1.68 bits per heavy atom. The molecule has 4 aromatic rings. The zero-order valence-electron chi connectivity index (χ0n) is 32.7. The summed E-state index contributed by atoms with van der Waals surface area (Å²) >= 11 is 0. The molecule has 1 saturated carbocycles. The van der Waals surface area contributed by atoms with Crippen LogP contribution in [0, 0.1) is 16.7 Å². The van der Waals surface area contributed by atoms with Gasteiger partial charge in [-0.15, -0.1) is 0 Å². The standard InChI is InChI=1S/C44H51N7O5/c1-43(2,3)56-42(53)51-23-10-17-38(51)44(20-21-44)30-55-40-46-36-28-48(37-16-9-14-32-13-7-8-15-34(32)37)24-19-35(36)39(47-40)49-25-26-50(33(27-49)18-22-45)41(52)54-29-31-11-5-4-6-12-31/h4-9,11-16,33,38H,10,17-21,23-30H2,1-3H3/t33-,38-/m0/s1. The van der Waals surface area contributed by atoms with Crippen molar-refractivity contribution in [3.8, 4) is 12.1 Å². The van der Waals surface area contributed by atoms with Gasteiger partial charge in [-0.05, 0) is 69.9 Å². The maximum Gasteiger partial charge on any atom is 0.410 e. The average Bonchev–Trinajstić information content (AvgIpc) is 3.82. The summed E-state index contributed by atoms with van der Waals surface area (Å²) in [5.74, 6) is 0.795. The normalized spacial score (nSPS) is 20.3. The van der Waals surface area contributed by atoms with Crippen LogP contribution < -0.4 is 14.5 Å². The number of amides is 2. The first-order chi connectivity index (χ1) is 27.1. The SMILES string of the molecule is CC(C)(C)OC(=O)N1CCC[C@H]1C1(COc2nc3c(c(N4CCN(C(=O)OCc5ccccc5)[C@@H](CC#N)C4)n2)CCN(c2cccc4ccccc24)C3)CC1. The fourth-order valence-corrected chi connectivity index (χ4v) is 8.66. The molecular weight excluding hydrogens is 707 g/mol. The third-order valence-corrected chi connectivity index (χ3v) is 11.6. The largest absolute Gasteiger partial charge is 0.463 e. The molecule has 2 atom stereocenters. The molecular formula is C44H51N7O5. The smallest absolute Gasteiger partial charge is 0.410 e. The molecule has 3 aromatic carbocycles. The zero-order chi connectivity index (χ0) is 38.9. The molecule has 2 saturated heterocycles. The number of rotatable bonds is 9. The van der Waals surface area contributed by atoms with Crippen LogP contribution >= 0.6 is 0 Å². The van der Waals surface area contributed by atoms with Crippen LogP contribution in [0.2, 0.25) is 0 Å². The molecule has 4 aliphatic rings. The average molecular weight is 758 g/mol. The molecule has 2 amide bonds. The molecule has 8 rings (SSSR count). The predicted octanol–water partition coefficient (Wildman–Crippen LogP) is 7.49. The van der Waals surface area contributed by atoms with Gasteiger partial charge in [-0.25, -0.2) is 9.59 Å². The first-order valence-electron chi connectivity index (χ1n) is 19.9. The Morgan fingerprint density at radius 3 is 2.46 bits per heavy atom. The lowest BCUT2D eigenvalue weighted by molar-refractivity contribution is 0.0123. The minimum Gasteiger partial charge on any atom is -0.463 e. The summed E-state index contributed by atoms with van der Waals surface area (Å²) in [6.45, 7) is 9.68. The number of fused-ring (bicyclic) bond motifs is 2. The second kappa shape index (κ2) is 15.5. The molecule has 1 aromatic heterocycles. The monoisotopic (exact) mass is 757 g/mol. The molecule has 292 valence electrons. The number of carbonyl (C=O) groups excluding carboxylic acids is 2. The van der Waals surface area contributed by atoms with Gasteiger partial charge in [-0.1, -0.05) is 66.7 Å². The highest BCUT2D eigenvalue weighted by molar-refractivity contribution is 5.94. The first-order valence-corrected chi connectivity index (χ1v) is 19.9. The maximum absolute atomic E-state index is 13.4. The van der Waals surface area contributed by atoms with Crippen LogP contribution in [0.15, 0.2) is 72.8 Å². The summed E-state index contributed by atoms with van der Waals surface area (Å²) in [5, 5.41) is 12.2. The van der Waals surface area contributed by atoms with Gasteiger partial charge < -0.3 is 33.8 Å².